The molecule has 0 aliphatic heterocycles. The second kappa shape index (κ2) is 46.8. The van der Waals surface area contributed by atoms with Gasteiger partial charge >= 0.3 is 13.8 Å². The van der Waals surface area contributed by atoms with E-state index in [2.05, 4.69) is 50.3 Å². The summed E-state index contributed by atoms with van der Waals surface area (Å²) in [6, 6.07) is 0. The van der Waals surface area contributed by atoms with Gasteiger partial charge in [0.2, 0.25) is 0 Å². The molecule has 0 saturated heterocycles. The molecule has 8 nitrogen and oxygen atoms in total. The summed E-state index contributed by atoms with van der Waals surface area (Å²) in [4.78, 5) is 22.5. The average molecular weight is 840 g/mol. The molecule has 0 aliphatic carbocycles. The van der Waals surface area contributed by atoms with E-state index in [1.165, 1.54) is 167 Å². The predicted octanol–water partition coefficient (Wildman–Crippen LogP) is 15.0. The van der Waals surface area contributed by atoms with Gasteiger partial charge in [0.25, 0.3) is 0 Å². The third-order valence-corrected chi connectivity index (χ3v) is 11.5. The van der Waals surface area contributed by atoms with Crippen LogP contribution in [0.25, 0.3) is 0 Å². The molecule has 0 spiro atoms. The molecule has 0 amide bonds. The van der Waals surface area contributed by atoms with Crippen LogP contribution in [-0.4, -0.2) is 49.9 Å². The number of carbonyl (C=O) groups excluding carboxylic acids is 1. The Morgan fingerprint density at radius 3 is 1.36 bits per heavy atom. The van der Waals surface area contributed by atoms with Crippen LogP contribution in [0.5, 0.6) is 0 Å². The van der Waals surface area contributed by atoms with Crippen LogP contribution in [-0.2, 0) is 27.9 Å². The number of allylic oxidation sites excluding steroid dienone is 6. The maximum atomic E-state index is 12.6. The van der Waals surface area contributed by atoms with Crippen molar-refractivity contribution in [2.24, 2.45) is 5.73 Å². The Labute approximate surface area is 358 Å². The van der Waals surface area contributed by atoms with Crippen molar-refractivity contribution < 1.29 is 32.8 Å². The van der Waals surface area contributed by atoms with Gasteiger partial charge in [0, 0.05) is 19.6 Å². The van der Waals surface area contributed by atoms with Crippen molar-refractivity contribution >= 4 is 13.8 Å². The Balaban J connectivity index is 3.90. The Kier molecular flexibility index (Phi) is 45.7. The maximum absolute atomic E-state index is 12.6. The lowest BCUT2D eigenvalue weighted by Gasteiger charge is -2.20. The molecular weight excluding hydrogens is 746 g/mol. The van der Waals surface area contributed by atoms with Gasteiger partial charge in [0.1, 0.15) is 6.10 Å². The number of carbonyl (C=O) groups is 1. The quantitative estimate of drug-likeness (QED) is 0.0269. The number of esters is 1. The Morgan fingerprint density at radius 2 is 0.914 bits per heavy atom. The first kappa shape index (κ1) is 56.7. The fraction of sp³-hybridized carbons (Fsp3) is 0.857. The van der Waals surface area contributed by atoms with Gasteiger partial charge in [-0.2, -0.15) is 0 Å². The summed E-state index contributed by atoms with van der Waals surface area (Å²) in [6.45, 7) is 4.93. The SMILES string of the molecule is CCCCCCC/C=C\C/C=C\C/C=C\CCCCCCCCCCCCCOCC(COP(=O)(O)OCCN)OC(=O)CCCCCCCCCCCCCCC. The molecule has 0 aromatic carbocycles. The number of ether oxygens (including phenoxy) is 2. The zero-order valence-electron chi connectivity index (χ0n) is 38.0. The summed E-state index contributed by atoms with van der Waals surface area (Å²) < 4.78 is 33.5. The van der Waals surface area contributed by atoms with Crippen LogP contribution in [0.1, 0.15) is 232 Å². The van der Waals surface area contributed by atoms with Gasteiger partial charge in [0.05, 0.1) is 19.8 Å². The topological polar surface area (TPSA) is 117 Å². The highest BCUT2D eigenvalue weighted by molar-refractivity contribution is 7.47. The summed E-state index contributed by atoms with van der Waals surface area (Å²) in [5.41, 5.74) is 5.38. The molecule has 0 heterocycles. The molecule has 9 heteroatoms. The molecule has 0 aromatic heterocycles. The van der Waals surface area contributed by atoms with E-state index in [4.69, 9.17) is 24.3 Å². The lowest BCUT2D eigenvalue weighted by molar-refractivity contribution is -0.154. The van der Waals surface area contributed by atoms with Crippen LogP contribution in [0.15, 0.2) is 36.5 Å². The van der Waals surface area contributed by atoms with Gasteiger partial charge in [-0.05, 0) is 51.4 Å². The Hall–Kier alpha value is -1.28. The Bertz CT molecular complexity index is 988. The third-order valence-electron chi connectivity index (χ3n) is 10.6. The first-order chi connectivity index (χ1) is 28.4. The molecule has 0 radical (unpaired) electrons. The van der Waals surface area contributed by atoms with Gasteiger partial charge in [0.15, 0.2) is 0 Å². The molecule has 342 valence electrons. The third kappa shape index (κ3) is 45.8. The number of hydrogen-bond acceptors (Lipinski definition) is 7. The molecule has 0 saturated carbocycles. The van der Waals surface area contributed by atoms with Crippen LogP contribution in [0.3, 0.4) is 0 Å². The zero-order valence-corrected chi connectivity index (χ0v) is 38.9. The smallest absolute Gasteiger partial charge is 0.457 e. The van der Waals surface area contributed by atoms with Gasteiger partial charge in [-0.25, -0.2) is 4.57 Å². The minimum atomic E-state index is -4.28. The molecule has 0 aliphatic rings. The predicted molar refractivity (Wildman–Crippen MR) is 247 cm³/mol. The van der Waals surface area contributed by atoms with Crippen LogP contribution >= 0.6 is 7.82 Å². The van der Waals surface area contributed by atoms with Gasteiger partial charge in [-0.3, -0.25) is 13.8 Å². The van der Waals surface area contributed by atoms with Crippen molar-refractivity contribution in [2.45, 2.75) is 238 Å². The highest BCUT2D eigenvalue weighted by Crippen LogP contribution is 2.43. The molecule has 3 N–H and O–H groups in total. The van der Waals surface area contributed by atoms with E-state index in [-0.39, 0.29) is 32.3 Å². The zero-order chi connectivity index (χ0) is 42.3. The Morgan fingerprint density at radius 1 is 0.517 bits per heavy atom. The van der Waals surface area contributed by atoms with Crippen molar-refractivity contribution in [1.82, 2.24) is 0 Å². The number of unbranched alkanes of at least 4 members (excludes halogenated alkanes) is 28. The standard InChI is InChI=1S/C49H94NO7P/c1-3-5-7-9-11-13-15-17-18-19-20-21-22-23-24-25-26-27-28-29-31-33-35-37-39-41-44-54-46-48(47-56-58(52,53)55-45-43-50)57-49(51)42-40-38-36-34-32-30-16-14-12-10-8-6-4-2/h15,17,19-20,22-23,48H,3-14,16,18,21,24-47,50H2,1-2H3,(H,52,53)/b17-15-,20-19-,23-22-. The van der Waals surface area contributed by atoms with Crippen molar-refractivity contribution in [1.29, 1.82) is 0 Å². The summed E-state index contributed by atoms with van der Waals surface area (Å²) in [5.74, 6) is -0.329. The molecule has 2 atom stereocenters. The molecule has 2 unspecified atom stereocenters. The average Bonchev–Trinajstić information content (AvgIpc) is 3.21. The fourth-order valence-corrected chi connectivity index (χ4v) is 7.71. The van der Waals surface area contributed by atoms with E-state index in [0.29, 0.717) is 13.0 Å². The molecule has 0 bridgehead atoms. The molecule has 0 fully saturated rings. The first-order valence-electron chi connectivity index (χ1n) is 24.5. The van der Waals surface area contributed by atoms with Gasteiger partial charge in [-0.15, -0.1) is 0 Å². The van der Waals surface area contributed by atoms with Gasteiger partial charge in [-0.1, -0.05) is 211 Å². The van der Waals surface area contributed by atoms with E-state index in [1.807, 2.05) is 0 Å². The molecule has 0 rings (SSSR count). The van der Waals surface area contributed by atoms with E-state index in [9.17, 15) is 14.3 Å². The summed E-state index contributed by atoms with van der Waals surface area (Å²) >= 11 is 0. The number of phosphoric ester groups is 1. The maximum Gasteiger partial charge on any atom is 0.472 e. The van der Waals surface area contributed by atoms with Gasteiger partial charge < -0.3 is 20.1 Å². The van der Waals surface area contributed by atoms with Crippen LogP contribution in [0, 0.1) is 0 Å². The minimum Gasteiger partial charge on any atom is -0.457 e. The minimum absolute atomic E-state index is 0.0946. The summed E-state index contributed by atoms with van der Waals surface area (Å²) in [6.07, 6.45) is 54.6. The van der Waals surface area contributed by atoms with E-state index in [0.717, 1.165) is 44.9 Å². The first-order valence-corrected chi connectivity index (χ1v) is 26.0. The number of phosphoric acid groups is 1. The van der Waals surface area contributed by atoms with Crippen LogP contribution in [0.2, 0.25) is 0 Å². The second-order valence-corrected chi connectivity index (χ2v) is 17.8. The highest BCUT2D eigenvalue weighted by Gasteiger charge is 2.25. The van der Waals surface area contributed by atoms with Crippen LogP contribution < -0.4 is 5.73 Å². The number of hydrogen-bond donors (Lipinski definition) is 2. The molecule has 0 aromatic rings. The van der Waals surface area contributed by atoms with E-state index < -0.39 is 13.9 Å². The summed E-state index contributed by atoms with van der Waals surface area (Å²) in [5, 5.41) is 0. The van der Waals surface area contributed by atoms with E-state index in [1.54, 1.807) is 0 Å². The van der Waals surface area contributed by atoms with E-state index >= 15 is 0 Å². The monoisotopic (exact) mass is 840 g/mol. The number of nitrogens with two attached hydrogens (primary N) is 1. The van der Waals surface area contributed by atoms with Crippen LogP contribution in [0.4, 0.5) is 0 Å². The largest absolute Gasteiger partial charge is 0.472 e. The highest BCUT2D eigenvalue weighted by atomic mass is 31.2. The lowest BCUT2D eigenvalue weighted by Crippen LogP contribution is -2.28. The van der Waals surface area contributed by atoms with Crippen molar-refractivity contribution in [3.63, 3.8) is 0 Å². The lowest BCUT2D eigenvalue weighted by atomic mass is 10.0. The number of rotatable bonds is 47. The summed E-state index contributed by atoms with van der Waals surface area (Å²) in [7, 11) is -4.28. The normalized spacial score (nSPS) is 13.7. The molecular formula is C49H94NO7P. The van der Waals surface area contributed by atoms with Crippen molar-refractivity contribution in [3.05, 3.63) is 36.5 Å². The second-order valence-electron chi connectivity index (χ2n) is 16.3. The fourth-order valence-electron chi connectivity index (χ4n) is 6.95. The van der Waals surface area contributed by atoms with Crippen molar-refractivity contribution in [3.8, 4) is 0 Å². The molecule has 58 heavy (non-hydrogen) atoms. The van der Waals surface area contributed by atoms with Crippen molar-refractivity contribution in [2.75, 3.05) is 33.0 Å².